The summed E-state index contributed by atoms with van der Waals surface area (Å²) in [7, 11) is 0. The van der Waals surface area contributed by atoms with Gasteiger partial charge in [0.2, 0.25) is 0 Å². The van der Waals surface area contributed by atoms with Crippen molar-refractivity contribution >= 4 is 26.8 Å². The fourth-order valence-corrected chi connectivity index (χ4v) is 1.80. The molecule has 1 N–H and O–H groups in total. The number of benzene rings is 1. The Labute approximate surface area is 90.1 Å². The molecule has 2 aromatic rings. The molecule has 2 nitrogen and oxygen atoms in total. The number of aryl methyl sites for hydroxylation is 2. The number of aromatic amines is 1. The highest BCUT2D eigenvalue weighted by atomic mass is 79.9. The van der Waals surface area contributed by atoms with Crippen molar-refractivity contribution in [1.29, 1.82) is 0 Å². The largest absolute Gasteiger partial charge is 0.321 e. The third kappa shape index (κ3) is 1.48. The summed E-state index contributed by atoms with van der Waals surface area (Å²) in [6, 6.07) is 5.92. The molecule has 0 saturated heterocycles. The lowest BCUT2D eigenvalue weighted by atomic mass is 10.1. The molecule has 3 heteroatoms. The Morgan fingerprint density at radius 1 is 1.14 bits per heavy atom. The molecule has 0 aliphatic heterocycles. The molecule has 1 aromatic heterocycles. The summed E-state index contributed by atoms with van der Waals surface area (Å²) in [4.78, 5) is 14.2. The molecule has 0 atom stereocenters. The summed E-state index contributed by atoms with van der Waals surface area (Å²) in [5.41, 5.74) is 3.23. The van der Waals surface area contributed by atoms with Gasteiger partial charge in [-0.1, -0.05) is 0 Å². The minimum atomic E-state index is -0.0826. The van der Waals surface area contributed by atoms with Crippen LogP contribution in [-0.2, 0) is 0 Å². The molecule has 1 heterocycles. The zero-order chi connectivity index (χ0) is 10.3. The van der Waals surface area contributed by atoms with E-state index < -0.39 is 0 Å². The molecule has 0 fully saturated rings. The molecule has 72 valence electrons. The van der Waals surface area contributed by atoms with Crippen LogP contribution in [-0.4, -0.2) is 4.98 Å². The molecule has 14 heavy (non-hydrogen) atoms. The Hall–Kier alpha value is -1.09. The Balaban J connectivity index is 2.90. The number of rotatable bonds is 0. The number of fused-ring (bicyclic) bond motifs is 1. The average Bonchev–Trinajstić information content (AvgIpc) is 2.11. The monoisotopic (exact) mass is 251 g/mol. The number of pyridine rings is 1. The van der Waals surface area contributed by atoms with Gasteiger partial charge in [-0.05, 0) is 64.5 Å². The molecule has 0 spiro atoms. The van der Waals surface area contributed by atoms with Gasteiger partial charge in [-0.25, -0.2) is 0 Å². The number of hydrogen-bond acceptors (Lipinski definition) is 1. The highest BCUT2D eigenvalue weighted by molar-refractivity contribution is 9.10. The first kappa shape index (κ1) is 9.46. The van der Waals surface area contributed by atoms with Gasteiger partial charge in [0, 0.05) is 5.52 Å². The molecule has 0 bridgehead atoms. The molecule has 0 aliphatic rings. The second-order valence-electron chi connectivity index (χ2n) is 3.47. The first-order valence-electron chi connectivity index (χ1n) is 4.38. The van der Waals surface area contributed by atoms with Crippen molar-refractivity contribution in [2.45, 2.75) is 13.8 Å². The molecule has 2 rings (SSSR count). The normalized spacial score (nSPS) is 10.8. The van der Waals surface area contributed by atoms with Crippen LogP contribution in [0.25, 0.3) is 10.9 Å². The second kappa shape index (κ2) is 3.24. The summed E-state index contributed by atoms with van der Waals surface area (Å²) >= 11 is 3.22. The Morgan fingerprint density at radius 3 is 2.50 bits per heavy atom. The average molecular weight is 252 g/mol. The molecule has 0 aliphatic carbocycles. The van der Waals surface area contributed by atoms with E-state index in [0.29, 0.717) is 4.47 Å². The van der Waals surface area contributed by atoms with Gasteiger partial charge in [0.1, 0.15) is 0 Å². The van der Waals surface area contributed by atoms with Gasteiger partial charge >= 0.3 is 0 Å². The maximum absolute atomic E-state index is 11.3. The molecule has 0 saturated carbocycles. The van der Waals surface area contributed by atoms with Crippen molar-refractivity contribution < 1.29 is 0 Å². The van der Waals surface area contributed by atoms with E-state index in [9.17, 15) is 4.79 Å². The maximum atomic E-state index is 11.3. The quantitative estimate of drug-likeness (QED) is 0.768. The molecule has 0 radical (unpaired) electrons. The molecule has 1 aromatic carbocycles. The van der Waals surface area contributed by atoms with Crippen molar-refractivity contribution in [3.05, 3.63) is 44.2 Å². The second-order valence-corrected chi connectivity index (χ2v) is 4.32. The van der Waals surface area contributed by atoms with Crippen LogP contribution in [0.2, 0.25) is 0 Å². The highest BCUT2D eigenvalue weighted by Gasteiger charge is 2.01. The number of H-pyrrole nitrogens is 1. The number of halogens is 1. The highest BCUT2D eigenvalue weighted by Crippen LogP contribution is 2.18. The van der Waals surface area contributed by atoms with Crippen LogP contribution in [0.1, 0.15) is 11.1 Å². The van der Waals surface area contributed by atoms with Crippen molar-refractivity contribution in [2.24, 2.45) is 0 Å². The minimum absolute atomic E-state index is 0.0826. The minimum Gasteiger partial charge on any atom is -0.321 e. The molecular weight excluding hydrogens is 242 g/mol. The van der Waals surface area contributed by atoms with Gasteiger partial charge in [-0.3, -0.25) is 4.79 Å². The lowest BCUT2D eigenvalue weighted by Crippen LogP contribution is -2.05. The first-order chi connectivity index (χ1) is 6.58. The predicted octanol–water partition coefficient (Wildman–Crippen LogP) is 2.91. The van der Waals surface area contributed by atoms with Crippen LogP contribution in [0.5, 0.6) is 0 Å². The van der Waals surface area contributed by atoms with Gasteiger partial charge in [0.25, 0.3) is 5.56 Å². The van der Waals surface area contributed by atoms with Crippen LogP contribution in [0.15, 0.2) is 27.5 Å². The fourth-order valence-electron chi connectivity index (χ4n) is 1.45. The van der Waals surface area contributed by atoms with E-state index in [-0.39, 0.29) is 5.56 Å². The zero-order valence-electron chi connectivity index (χ0n) is 8.02. The Morgan fingerprint density at radius 2 is 1.79 bits per heavy atom. The van der Waals surface area contributed by atoms with E-state index in [1.165, 1.54) is 11.1 Å². The van der Waals surface area contributed by atoms with E-state index in [4.69, 9.17) is 0 Å². The smallest absolute Gasteiger partial charge is 0.262 e. The van der Waals surface area contributed by atoms with E-state index in [2.05, 4.69) is 33.9 Å². The topological polar surface area (TPSA) is 32.9 Å². The van der Waals surface area contributed by atoms with Crippen molar-refractivity contribution in [2.75, 3.05) is 0 Å². The van der Waals surface area contributed by atoms with Crippen LogP contribution >= 0.6 is 15.9 Å². The van der Waals surface area contributed by atoms with Crippen LogP contribution in [0.4, 0.5) is 0 Å². The van der Waals surface area contributed by atoms with Gasteiger partial charge in [0.15, 0.2) is 0 Å². The predicted molar refractivity (Wildman–Crippen MR) is 61.7 cm³/mol. The van der Waals surface area contributed by atoms with E-state index in [0.717, 1.165) is 10.9 Å². The molecule has 0 unspecified atom stereocenters. The number of hydrogen-bond donors (Lipinski definition) is 1. The summed E-state index contributed by atoms with van der Waals surface area (Å²) in [6.45, 7) is 4.10. The lowest BCUT2D eigenvalue weighted by Gasteiger charge is -2.03. The van der Waals surface area contributed by atoms with Crippen molar-refractivity contribution in [1.82, 2.24) is 4.98 Å². The van der Waals surface area contributed by atoms with Crippen LogP contribution < -0.4 is 5.56 Å². The van der Waals surface area contributed by atoms with Gasteiger partial charge in [0.05, 0.1) is 4.47 Å². The molecular formula is C11H10BrNO. The Kier molecular flexibility index (Phi) is 2.19. The Bertz CT molecular complexity index is 557. The molecule has 0 amide bonds. The van der Waals surface area contributed by atoms with Crippen molar-refractivity contribution in [3.8, 4) is 0 Å². The zero-order valence-corrected chi connectivity index (χ0v) is 9.60. The SMILES string of the molecule is Cc1cc2cc(Br)c(=O)[nH]c2cc1C. The van der Waals surface area contributed by atoms with E-state index >= 15 is 0 Å². The van der Waals surface area contributed by atoms with E-state index in [1.807, 2.05) is 19.1 Å². The van der Waals surface area contributed by atoms with Crippen molar-refractivity contribution in [3.63, 3.8) is 0 Å². The summed E-state index contributed by atoms with van der Waals surface area (Å²) in [5, 5.41) is 1.06. The fraction of sp³-hybridized carbons (Fsp3) is 0.182. The third-order valence-corrected chi connectivity index (χ3v) is 3.00. The third-order valence-electron chi connectivity index (χ3n) is 2.41. The first-order valence-corrected chi connectivity index (χ1v) is 5.17. The lowest BCUT2D eigenvalue weighted by molar-refractivity contribution is 1.26. The van der Waals surface area contributed by atoms with E-state index in [1.54, 1.807) is 0 Å². The van der Waals surface area contributed by atoms with Crippen LogP contribution in [0.3, 0.4) is 0 Å². The van der Waals surface area contributed by atoms with Crippen LogP contribution in [0, 0.1) is 13.8 Å². The van der Waals surface area contributed by atoms with Gasteiger partial charge in [-0.15, -0.1) is 0 Å². The standard InChI is InChI=1S/C11H10BrNO/c1-6-3-8-5-9(12)11(14)13-10(8)4-7(6)2/h3-5H,1-2H3,(H,13,14). The summed E-state index contributed by atoms with van der Waals surface area (Å²) in [6.07, 6.45) is 0. The number of aromatic nitrogens is 1. The van der Waals surface area contributed by atoms with Gasteiger partial charge < -0.3 is 4.98 Å². The summed E-state index contributed by atoms with van der Waals surface area (Å²) < 4.78 is 0.577. The van der Waals surface area contributed by atoms with Gasteiger partial charge in [-0.2, -0.15) is 0 Å². The maximum Gasteiger partial charge on any atom is 0.262 e. The summed E-state index contributed by atoms with van der Waals surface area (Å²) in [5.74, 6) is 0. The number of nitrogens with one attached hydrogen (secondary N) is 1.